The minimum atomic E-state index is -0.0496. The third kappa shape index (κ3) is 3.34. The summed E-state index contributed by atoms with van der Waals surface area (Å²) in [6, 6.07) is 25.0. The van der Waals surface area contributed by atoms with Gasteiger partial charge in [-0.15, -0.1) is 0 Å². The fraction of sp³-hybridized carbons (Fsp3) is 0.167. The molecule has 0 fully saturated rings. The van der Waals surface area contributed by atoms with Gasteiger partial charge in [-0.1, -0.05) is 67.9 Å². The number of aromatic nitrogens is 2. The molecule has 28 heavy (non-hydrogen) atoms. The van der Waals surface area contributed by atoms with Gasteiger partial charge in [0.05, 0.1) is 16.6 Å². The van der Waals surface area contributed by atoms with Crippen LogP contribution in [0, 0.1) is 5.92 Å². The van der Waals surface area contributed by atoms with Crippen LogP contribution in [0.15, 0.2) is 83.7 Å². The van der Waals surface area contributed by atoms with Crippen molar-refractivity contribution in [3.63, 3.8) is 0 Å². The van der Waals surface area contributed by atoms with E-state index in [1.54, 1.807) is 4.57 Å². The lowest BCUT2D eigenvalue weighted by molar-refractivity contribution is 0.526. The lowest BCUT2D eigenvalue weighted by atomic mass is 9.87. The molecule has 0 radical (unpaired) electrons. The monoisotopic (exact) mass is 388 g/mol. The Bertz CT molecular complexity index is 1160. The molecule has 3 nitrogen and oxygen atoms in total. The van der Waals surface area contributed by atoms with Crippen LogP contribution in [-0.2, 0) is 0 Å². The van der Waals surface area contributed by atoms with Crippen molar-refractivity contribution in [2.45, 2.75) is 19.8 Å². The van der Waals surface area contributed by atoms with E-state index in [-0.39, 0.29) is 17.4 Å². The van der Waals surface area contributed by atoms with Gasteiger partial charge in [0.25, 0.3) is 5.56 Å². The molecule has 1 unspecified atom stereocenters. The SMILES string of the molecule is CC(C)C(c1ccc(Cl)cc1)c1nc2ccccc2c(=O)n1-c1ccccc1. The summed E-state index contributed by atoms with van der Waals surface area (Å²) in [4.78, 5) is 18.4. The van der Waals surface area contributed by atoms with Gasteiger partial charge in [-0.2, -0.15) is 0 Å². The number of hydrogen-bond donors (Lipinski definition) is 0. The molecule has 0 saturated heterocycles. The van der Waals surface area contributed by atoms with Crippen molar-refractivity contribution in [1.29, 1.82) is 0 Å². The smallest absolute Gasteiger partial charge is 0.265 e. The van der Waals surface area contributed by atoms with E-state index in [4.69, 9.17) is 16.6 Å². The quantitative estimate of drug-likeness (QED) is 0.441. The highest BCUT2D eigenvalue weighted by molar-refractivity contribution is 6.30. The summed E-state index contributed by atoms with van der Waals surface area (Å²) < 4.78 is 1.75. The summed E-state index contributed by atoms with van der Waals surface area (Å²) in [7, 11) is 0. The van der Waals surface area contributed by atoms with Crippen LogP contribution >= 0.6 is 11.6 Å². The van der Waals surface area contributed by atoms with Gasteiger partial charge in [0.1, 0.15) is 5.82 Å². The summed E-state index contributed by atoms with van der Waals surface area (Å²) >= 11 is 6.10. The topological polar surface area (TPSA) is 34.9 Å². The Morgan fingerprint density at radius 3 is 2.18 bits per heavy atom. The predicted octanol–water partition coefficient (Wildman–Crippen LogP) is 5.83. The van der Waals surface area contributed by atoms with Crippen molar-refractivity contribution in [3.05, 3.63) is 106 Å². The normalized spacial score (nSPS) is 12.4. The number of para-hydroxylation sites is 2. The molecule has 1 atom stereocenters. The lowest BCUT2D eigenvalue weighted by Gasteiger charge is -2.25. The Morgan fingerprint density at radius 2 is 1.50 bits per heavy atom. The molecule has 0 spiro atoms. The minimum Gasteiger partial charge on any atom is -0.268 e. The highest BCUT2D eigenvalue weighted by Gasteiger charge is 2.25. The van der Waals surface area contributed by atoms with Crippen molar-refractivity contribution in [2.75, 3.05) is 0 Å². The second-order valence-corrected chi connectivity index (χ2v) is 7.67. The van der Waals surface area contributed by atoms with Crippen molar-refractivity contribution >= 4 is 22.5 Å². The summed E-state index contributed by atoms with van der Waals surface area (Å²) in [5.41, 5.74) is 2.58. The first-order valence-electron chi connectivity index (χ1n) is 9.39. The van der Waals surface area contributed by atoms with Gasteiger partial charge in [0.15, 0.2) is 0 Å². The molecule has 1 heterocycles. The van der Waals surface area contributed by atoms with Gasteiger partial charge < -0.3 is 0 Å². The highest BCUT2D eigenvalue weighted by Crippen LogP contribution is 2.32. The second-order valence-electron chi connectivity index (χ2n) is 7.24. The van der Waals surface area contributed by atoms with Crippen LogP contribution in [-0.4, -0.2) is 9.55 Å². The standard InChI is InChI=1S/C24H21ClN2O/c1-16(2)22(17-12-14-18(25)15-13-17)23-26-21-11-7-6-10-20(21)24(28)27(23)19-8-4-3-5-9-19/h3-16,22H,1-2H3. The Balaban J connectivity index is 2.06. The van der Waals surface area contributed by atoms with Crippen LogP contribution in [0.2, 0.25) is 5.02 Å². The largest absolute Gasteiger partial charge is 0.268 e. The van der Waals surface area contributed by atoms with E-state index >= 15 is 0 Å². The van der Waals surface area contributed by atoms with Gasteiger partial charge in [0, 0.05) is 10.9 Å². The van der Waals surface area contributed by atoms with E-state index in [2.05, 4.69) is 13.8 Å². The second kappa shape index (κ2) is 7.61. The number of rotatable bonds is 4. The molecule has 3 aromatic carbocycles. The van der Waals surface area contributed by atoms with Crippen LogP contribution in [0.4, 0.5) is 0 Å². The molecule has 4 heteroatoms. The molecule has 0 bridgehead atoms. The molecule has 0 amide bonds. The molecular weight excluding hydrogens is 368 g/mol. The van der Waals surface area contributed by atoms with Crippen molar-refractivity contribution < 1.29 is 0 Å². The predicted molar refractivity (Wildman–Crippen MR) is 115 cm³/mol. The van der Waals surface area contributed by atoms with E-state index in [9.17, 15) is 4.79 Å². The zero-order valence-electron chi connectivity index (χ0n) is 15.8. The average molecular weight is 389 g/mol. The number of halogens is 1. The van der Waals surface area contributed by atoms with E-state index in [1.807, 2.05) is 78.9 Å². The Kier molecular flexibility index (Phi) is 5.01. The summed E-state index contributed by atoms with van der Waals surface area (Å²) in [6.45, 7) is 4.30. The Labute approximate surface area is 169 Å². The highest BCUT2D eigenvalue weighted by atomic mass is 35.5. The molecular formula is C24H21ClN2O. The number of fused-ring (bicyclic) bond motifs is 1. The molecule has 0 aliphatic heterocycles. The van der Waals surface area contributed by atoms with Gasteiger partial charge in [-0.25, -0.2) is 4.98 Å². The van der Waals surface area contributed by atoms with Crippen molar-refractivity contribution in [1.82, 2.24) is 9.55 Å². The maximum atomic E-state index is 13.5. The van der Waals surface area contributed by atoms with E-state index in [0.29, 0.717) is 15.9 Å². The fourth-order valence-corrected chi connectivity index (χ4v) is 3.81. The van der Waals surface area contributed by atoms with Gasteiger partial charge in [0.2, 0.25) is 0 Å². The molecule has 4 aromatic rings. The number of benzene rings is 3. The third-order valence-corrected chi connectivity index (χ3v) is 5.24. The van der Waals surface area contributed by atoms with Crippen LogP contribution in [0.5, 0.6) is 0 Å². The Morgan fingerprint density at radius 1 is 0.857 bits per heavy atom. The summed E-state index contributed by atoms with van der Waals surface area (Å²) in [6.07, 6.45) is 0. The lowest BCUT2D eigenvalue weighted by Crippen LogP contribution is -2.27. The van der Waals surface area contributed by atoms with Gasteiger partial charge >= 0.3 is 0 Å². The molecule has 0 aliphatic rings. The van der Waals surface area contributed by atoms with E-state index in [0.717, 1.165) is 17.1 Å². The molecule has 0 N–H and O–H groups in total. The van der Waals surface area contributed by atoms with Crippen LogP contribution in [0.3, 0.4) is 0 Å². The van der Waals surface area contributed by atoms with E-state index < -0.39 is 0 Å². The molecule has 0 saturated carbocycles. The number of nitrogens with zero attached hydrogens (tertiary/aromatic N) is 2. The summed E-state index contributed by atoms with van der Waals surface area (Å²) in [5.74, 6) is 0.936. The maximum absolute atomic E-state index is 13.5. The summed E-state index contributed by atoms with van der Waals surface area (Å²) in [5, 5.41) is 1.31. The number of hydrogen-bond acceptors (Lipinski definition) is 2. The Hall–Kier alpha value is -2.91. The first-order valence-corrected chi connectivity index (χ1v) is 9.76. The van der Waals surface area contributed by atoms with Crippen LogP contribution < -0.4 is 5.56 Å². The molecule has 1 aromatic heterocycles. The first kappa shape index (κ1) is 18.5. The van der Waals surface area contributed by atoms with Gasteiger partial charge in [-0.05, 0) is 47.9 Å². The zero-order valence-corrected chi connectivity index (χ0v) is 16.6. The third-order valence-electron chi connectivity index (χ3n) is 4.99. The first-order chi connectivity index (χ1) is 13.6. The van der Waals surface area contributed by atoms with Gasteiger partial charge in [-0.3, -0.25) is 9.36 Å². The molecule has 4 rings (SSSR count). The maximum Gasteiger partial charge on any atom is 0.265 e. The van der Waals surface area contributed by atoms with Crippen LogP contribution in [0.25, 0.3) is 16.6 Å². The van der Waals surface area contributed by atoms with Crippen molar-refractivity contribution in [3.8, 4) is 5.69 Å². The van der Waals surface area contributed by atoms with E-state index in [1.165, 1.54) is 0 Å². The molecule has 140 valence electrons. The minimum absolute atomic E-state index is 0.0465. The van der Waals surface area contributed by atoms with Crippen LogP contribution in [0.1, 0.15) is 31.2 Å². The fourth-order valence-electron chi connectivity index (χ4n) is 3.69. The zero-order chi connectivity index (χ0) is 19.7. The average Bonchev–Trinajstić information content (AvgIpc) is 2.70. The van der Waals surface area contributed by atoms with Crippen molar-refractivity contribution in [2.24, 2.45) is 5.92 Å². The molecule has 0 aliphatic carbocycles.